The maximum atomic E-state index is 5.30. The Labute approximate surface area is 142 Å². The average molecular weight is 325 g/mol. The Morgan fingerprint density at radius 2 is 2.04 bits per heavy atom. The Bertz CT molecular complexity index is 355. The van der Waals surface area contributed by atoms with Crippen LogP contribution in [-0.2, 0) is 4.74 Å². The Balaban J connectivity index is 1.80. The zero-order valence-electron chi connectivity index (χ0n) is 15.4. The molecule has 2 fully saturated rings. The molecule has 0 aromatic rings. The molecule has 0 amide bonds. The number of likely N-dealkylation sites (tertiary alicyclic amines) is 2. The first-order valence-electron chi connectivity index (χ1n) is 9.47. The van der Waals surface area contributed by atoms with E-state index in [1.54, 1.807) is 7.11 Å². The minimum Gasteiger partial charge on any atom is -0.384 e. The molecule has 0 spiro atoms. The van der Waals surface area contributed by atoms with E-state index in [1.165, 1.54) is 45.3 Å². The van der Waals surface area contributed by atoms with Gasteiger partial charge < -0.3 is 19.9 Å². The summed E-state index contributed by atoms with van der Waals surface area (Å²) in [6, 6.07) is 0. The number of ether oxygens (including phenoxy) is 1. The van der Waals surface area contributed by atoms with Crippen molar-refractivity contribution in [3.8, 4) is 0 Å². The van der Waals surface area contributed by atoms with Crippen LogP contribution in [0.25, 0.3) is 0 Å². The van der Waals surface area contributed by atoms with E-state index in [1.807, 2.05) is 0 Å². The molecule has 2 heterocycles. The summed E-state index contributed by atoms with van der Waals surface area (Å²) in [5.74, 6) is 2.37. The SMILES string of the molecule is CCNC(=NCC(C)CN1CCCCC1)N1CCC(COC)C1. The Kier molecular flexibility index (Phi) is 8.17. The van der Waals surface area contributed by atoms with Crippen LogP contribution in [0.15, 0.2) is 4.99 Å². The minimum atomic E-state index is 0.624. The molecule has 1 N–H and O–H groups in total. The molecular formula is C18H36N4O. The van der Waals surface area contributed by atoms with Crippen molar-refractivity contribution in [2.75, 3.05) is 59.5 Å². The molecule has 23 heavy (non-hydrogen) atoms. The maximum Gasteiger partial charge on any atom is 0.193 e. The third-order valence-electron chi connectivity index (χ3n) is 4.89. The average Bonchev–Trinajstić information content (AvgIpc) is 3.01. The summed E-state index contributed by atoms with van der Waals surface area (Å²) in [5, 5.41) is 3.47. The minimum absolute atomic E-state index is 0.624. The van der Waals surface area contributed by atoms with Crippen LogP contribution in [0.1, 0.15) is 39.5 Å². The molecule has 2 aliphatic heterocycles. The summed E-state index contributed by atoms with van der Waals surface area (Å²) in [5.41, 5.74) is 0. The summed E-state index contributed by atoms with van der Waals surface area (Å²) in [6.07, 6.45) is 5.35. The van der Waals surface area contributed by atoms with Crippen LogP contribution in [0.4, 0.5) is 0 Å². The molecule has 5 heteroatoms. The van der Waals surface area contributed by atoms with E-state index in [9.17, 15) is 0 Å². The fraction of sp³-hybridized carbons (Fsp3) is 0.944. The van der Waals surface area contributed by atoms with Gasteiger partial charge in [-0.3, -0.25) is 4.99 Å². The molecule has 2 saturated heterocycles. The highest BCUT2D eigenvalue weighted by molar-refractivity contribution is 5.80. The van der Waals surface area contributed by atoms with Crippen LogP contribution < -0.4 is 5.32 Å². The number of guanidine groups is 1. The van der Waals surface area contributed by atoms with Gasteiger partial charge in [-0.15, -0.1) is 0 Å². The van der Waals surface area contributed by atoms with Gasteiger partial charge in [-0.2, -0.15) is 0 Å². The highest BCUT2D eigenvalue weighted by Gasteiger charge is 2.24. The zero-order valence-corrected chi connectivity index (χ0v) is 15.4. The molecule has 0 bridgehead atoms. The number of hydrogen-bond donors (Lipinski definition) is 1. The second-order valence-electron chi connectivity index (χ2n) is 7.22. The fourth-order valence-electron chi connectivity index (χ4n) is 3.71. The Morgan fingerprint density at radius 1 is 1.26 bits per heavy atom. The van der Waals surface area contributed by atoms with Crippen molar-refractivity contribution in [3.63, 3.8) is 0 Å². The van der Waals surface area contributed by atoms with Gasteiger partial charge in [-0.1, -0.05) is 13.3 Å². The van der Waals surface area contributed by atoms with Crippen LogP contribution in [0.3, 0.4) is 0 Å². The highest BCUT2D eigenvalue weighted by atomic mass is 16.5. The molecule has 2 rings (SSSR count). The first-order chi connectivity index (χ1) is 11.2. The third kappa shape index (κ3) is 6.30. The van der Waals surface area contributed by atoms with Crippen molar-refractivity contribution in [3.05, 3.63) is 0 Å². The van der Waals surface area contributed by atoms with Gasteiger partial charge in [-0.25, -0.2) is 0 Å². The van der Waals surface area contributed by atoms with Crippen LogP contribution in [0.2, 0.25) is 0 Å². The predicted molar refractivity (Wildman–Crippen MR) is 97.0 cm³/mol. The van der Waals surface area contributed by atoms with Gasteiger partial charge in [-0.05, 0) is 45.2 Å². The van der Waals surface area contributed by atoms with Gasteiger partial charge in [0.05, 0.1) is 6.61 Å². The molecule has 0 aliphatic carbocycles. The van der Waals surface area contributed by atoms with Gasteiger partial charge in [0.1, 0.15) is 0 Å². The molecule has 0 radical (unpaired) electrons. The quantitative estimate of drug-likeness (QED) is 0.575. The van der Waals surface area contributed by atoms with Crippen LogP contribution >= 0.6 is 0 Å². The third-order valence-corrected chi connectivity index (χ3v) is 4.89. The van der Waals surface area contributed by atoms with Crippen LogP contribution in [0, 0.1) is 11.8 Å². The number of piperidine rings is 1. The lowest BCUT2D eigenvalue weighted by Crippen LogP contribution is -2.41. The van der Waals surface area contributed by atoms with Crippen molar-refractivity contribution in [1.82, 2.24) is 15.1 Å². The van der Waals surface area contributed by atoms with Crippen molar-refractivity contribution >= 4 is 5.96 Å². The molecule has 0 saturated carbocycles. The molecule has 2 aliphatic rings. The van der Waals surface area contributed by atoms with Crippen molar-refractivity contribution < 1.29 is 4.74 Å². The zero-order chi connectivity index (χ0) is 16.5. The second kappa shape index (κ2) is 10.1. The monoisotopic (exact) mass is 324 g/mol. The summed E-state index contributed by atoms with van der Waals surface area (Å²) in [7, 11) is 1.80. The standard InChI is InChI=1S/C18H36N4O/c1-4-19-18(22-11-8-17(14-22)15-23-3)20-12-16(2)13-21-9-6-5-7-10-21/h16-17H,4-15H2,1-3H3,(H,19,20). The first-order valence-corrected chi connectivity index (χ1v) is 9.47. The number of rotatable bonds is 7. The highest BCUT2D eigenvalue weighted by Crippen LogP contribution is 2.17. The maximum absolute atomic E-state index is 5.30. The lowest BCUT2D eigenvalue weighted by molar-refractivity contribution is 0.157. The Hall–Kier alpha value is -0.810. The fourth-order valence-corrected chi connectivity index (χ4v) is 3.71. The summed E-state index contributed by atoms with van der Waals surface area (Å²) in [6.45, 7) is 13.1. The summed E-state index contributed by atoms with van der Waals surface area (Å²) >= 11 is 0. The summed E-state index contributed by atoms with van der Waals surface area (Å²) in [4.78, 5) is 9.94. The van der Waals surface area contributed by atoms with Gasteiger partial charge in [0.2, 0.25) is 0 Å². The van der Waals surface area contributed by atoms with Crippen molar-refractivity contribution in [2.45, 2.75) is 39.5 Å². The Morgan fingerprint density at radius 3 is 2.74 bits per heavy atom. The van der Waals surface area contributed by atoms with Gasteiger partial charge in [0.15, 0.2) is 5.96 Å². The van der Waals surface area contributed by atoms with E-state index in [0.717, 1.165) is 38.7 Å². The number of aliphatic imine (C=N–C) groups is 1. The molecule has 5 nitrogen and oxygen atoms in total. The summed E-state index contributed by atoms with van der Waals surface area (Å²) < 4.78 is 5.30. The second-order valence-corrected chi connectivity index (χ2v) is 7.22. The number of nitrogens with zero attached hydrogens (tertiary/aromatic N) is 3. The predicted octanol–water partition coefficient (Wildman–Crippen LogP) is 2.04. The van der Waals surface area contributed by atoms with E-state index in [2.05, 4.69) is 29.0 Å². The van der Waals surface area contributed by atoms with E-state index in [-0.39, 0.29) is 0 Å². The van der Waals surface area contributed by atoms with E-state index >= 15 is 0 Å². The van der Waals surface area contributed by atoms with Gasteiger partial charge in [0.25, 0.3) is 0 Å². The van der Waals surface area contributed by atoms with E-state index in [4.69, 9.17) is 9.73 Å². The van der Waals surface area contributed by atoms with Gasteiger partial charge >= 0.3 is 0 Å². The van der Waals surface area contributed by atoms with Crippen molar-refractivity contribution in [2.24, 2.45) is 16.8 Å². The lowest BCUT2D eigenvalue weighted by atomic mass is 10.1. The molecule has 2 unspecified atom stereocenters. The number of hydrogen-bond acceptors (Lipinski definition) is 3. The van der Waals surface area contributed by atoms with Gasteiger partial charge in [0, 0.05) is 45.8 Å². The normalized spacial score (nSPS) is 24.9. The van der Waals surface area contributed by atoms with Crippen LogP contribution in [-0.4, -0.2) is 75.3 Å². The molecule has 0 aromatic carbocycles. The topological polar surface area (TPSA) is 40.1 Å². The first kappa shape index (κ1) is 18.5. The van der Waals surface area contributed by atoms with Crippen LogP contribution in [0.5, 0.6) is 0 Å². The molecule has 2 atom stereocenters. The van der Waals surface area contributed by atoms with Crippen molar-refractivity contribution in [1.29, 1.82) is 0 Å². The number of nitrogens with one attached hydrogen (secondary N) is 1. The molecule has 0 aromatic heterocycles. The number of methoxy groups -OCH3 is 1. The van der Waals surface area contributed by atoms with E-state index in [0.29, 0.717) is 11.8 Å². The molecule has 134 valence electrons. The van der Waals surface area contributed by atoms with E-state index < -0.39 is 0 Å². The lowest BCUT2D eigenvalue weighted by Gasteiger charge is -2.29. The largest absolute Gasteiger partial charge is 0.384 e. The smallest absolute Gasteiger partial charge is 0.193 e. The molecular weight excluding hydrogens is 288 g/mol.